The first-order chi connectivity index (χ1) is 16.8. The number of hydrogen-bond acceptors (Lipinski definition) is 7. The lowest BCUT2D eigenvalue weighted by molar-refractivity contribution is -0.167. The molecule has 0 aromatic heterocycles. The van der Waals surface area contributed by atoms with E-state index >= 15 is 0 Å². The molecule has 3 rings (SSSR count). The number of amides is 4. The molecule has 1 aromatic rings. The van der Waals surface area contributed by atoms with Crippen LogP contribution in [0.15, 0.2) is 42.7 Å². The molecule has 0 spiro atoms. The van der Waals surface area contributed by atoms with Gasteiger partial charge in [0.05, 0.1) is 18.3 Å². The summed E-state index contributed by atoms with van der Waals surface area (Å²) in [6, 6.07) is 8.10. The minimum absolute atomic E-state index is 0.196. The lowest BCUT2D eigenvalue weighted by Gasteiger charge is -2.46. The number of hydrogen-bond donors (Lipinski definition) is 3. The average Bonchev–Trinajstić information content (AvgIpc) is 2.84. The maximum atomic E-state index is 12.9. The number of piperazine rings is 1. The molecule has 2 unspecified atom stereocenters. The van der Waals surface area contributed by atoms with E-state index in [1.165, 1.54) is 15.4 Å². The molecule has 2 aliphatic rings. The first kappa shape index (κ1) is 25.9. The monoisotopic (exact) mass is 487 g/mol. The van der Waals surface area contributed by atoms with Crippen LogP contribution >= 0.6 is 0 Å². The van der Waals surface area contributed by atoms with Gasteiger partial charge in [-0.3, -0.25) is 4.79 Å². The summed E-state index contributed by atoms with van der Waals surface area (Å²) in [7, 11) is 0. The van der Waals surface area contributed by atoms with Crippen molar-refractivity contribution in [2.24, 2.45) is 11.7 Å². The van der Waals surface area contributed by atoms with Gasteiger partial charge in [0.25, 0.3) is 0 Å². The van der Waals surface area contributed by atoms with Crippen molar-refractivity contribution in [1.82, 2.24) is 20.0 Å². The van der Waals surface area contributed by atoms with Gasteiger partial charge in [-0.25, -0.2) is 19.3 Å². The number of carbonyl (C=O) groups excluding carboxylic acids is 3. The Bertz CT molecular complexity index is 932. The highest BCUT2D eigenvalue weighted by Gasteiger charge is 2.55. The summed E-state index contributed by atoms with van der Waals surface area (Å²) in [5, 5.41) is 12.4. The number of carboxylic acid groups (broad SMARTS) is 1. The topological polar surface area (TPSA) is 146 Å². The second kappa shape index (κ2) is 12.1. The predicted octanol–water partition coefficient (Wildman–Crippen LogP) is 1.20. The normalized spacial score (nSPS) is 19.7. The Morgan fingerprint density at radius 3 is 2.37 bits per heavy atom. The number of imide groups is 1. The van der Waals surface area contributed by atoms with E-state index in [1.807, 2.05) is 30.3 Å². The molecule has 2 atom stereocenters. The van der Waals surface area contributed by atoms with Gasteiger partial charge in [-0.05, 0) is 31.2 Å². The van der Waals surface area contributed by atoms with Crippen LogP contribution in [-0.4, -0.2) is 89.2 Å². The number of β-lactam (4-membered cyclic amide) rings is 1. The number of aliphatic carboxylic acids is 1. The molecular formula is C24H33N5O6. The third-order valence-electron chi connectivity index (χ3n) is 6.20. The quantitative estimate of drug-likeness (QED) is 0.330. The molecule has 1 aromatic carbocycles. The van der Waals surface area contributed by atoms with Gasteiger partial charge in [0.2, 0.25) is 5.91 Å². The van der Waals surface area contributed by atoms with Crippen molar-refractivity contribution in [1.29, 1.82) is 0 Å². The van der Waals surface area contributed by atoms with Gasteiger partial charge in [-0.15, -0.1) is 0 Å². The second-order valence-electron chi connectivity index (χ2n) is 8.65. The van der Waals surface area contributed by atoms with E-state index in [4.69, 9.17) is 10.5 Å². The fraction of sp³-hybridized carbons (Fsp3) is 0.500. The van der Waals surface area contributed by atoms with Gasteiger partial charge < -0.3 is 30.7 Å². The number of likely N-dealkylation sites (tertiary alicyclic amines) is 1. The summed E-state index contributed by atoms with van der Waals surface area (Å²) >= 11 is 0. The van der Waals surface area contributed by atoms with Gasteiger partial charge in [0.1, 0.15) is 0 Å². The Kier molecular flexibility index (Phi) is 8.93. The van der Waals surface area contributed by atoms with E-state index in [0.717, 1.165) is 11.3 Å². The van der Waals surface area contributed by atoms with Gasteiger partial charge >= 0.3 is 18.1 Å². The van der Waals surface area contributed by atoms with Crippen LogP contribution < -0.4 is 11.1 Å². The van der Waals surface area contributed by atoms with Crippen LogP contribution in [0.2, 0.25) is 0 Å². The number of nitrogens with two attached hydrogens (primary N) is 1. The van der Waals surface area contributed by atoms with Crippen molar-refractivity contribution in [3.8, 4) is 0 Å². The SMILES string of the molecule is C=C(N)NCCCC1C(=O)N(C(=O)N2CCN(C(=O)OCCCc3ccccc3)CC2)C1C(=O)O. The standard InChI is InChI=1S/C24H33N5O6/c1-17(25)26-11-5-10-19-20(22(31)32)29(21(19)30)23(33)27-12-14-28(15-13-27)24(34)35-16-6-9-18-7-3-2-4-8-18/h2-4,7-8,19-20,26H,1,5-6,9-16,25H2,(H,31,32). The smallest absolute Gasteiger partial charge is 0.409 e. The van der Waals surface area contributed by atoms with Crippen LogP contribution in [0.25, 0.3) is 0 Å². The number of aryl methyl sites for hydroxylation is 1. The Balaban J connectivity index is 1.41. The van der Waals surface area contributed by atoms with Crippen LogP contribution in [-0.2, 0) is 20.7 Å². The Morgan fingerprint density at radius 1 is 1.09 bits per heavy atom. The van der Waals surface area contributed by atoms with Gasteiger partial charge in [0.15, 0.2) is 6.04 Å². The zero-order valence-corrected chi connectivity index (χ0v) is 19.7. The van der Waals surface area contributed by atoms with Crippen LogP contribution in [0.5, 0.6) is 0 Å². The van der Waals surface area contributed by atoms with Gasteiger partial charge in [-0.2, -0.15) is 0 Å². The minimum Gasteiger partial charge on any atom is -0.480 e. The number of nitrogens with zero attached hydrogens (tertiary/aromatic N) is 3. The first-order valence-corrected chi connectivity index (χ1v) is 11.8. The highest BCUT2D eigenvalue weighted by Crippen LogP contribution is 2.32. The number of carboxylic acids is 1. The molecule has 35 heavy (non-hydrogen) atoms. The minimum atomic E-state index is -1.21. The molecule has 2 heterocycles. The van der Waals surface area contributed by atoms with Crippen LogP contribution in [0, 0.1) is 5.92 Å². The average molecular weight is 488 g/mol. The lowest BCUT2D eigenvalue weighted by atomic mass is 9.83. The third kappa shape index (κ3) is 6.65. The maximum absolute atomic E-state index is 12.9. The van der Waals surface area contributed by atoms with Crippen molar-refractivity contribution >= 4 is 24.0 Å². The number of carbonyl (C=O) groups is 4. The summed E-state index contributed by atoms with van der Waals surface area (Å²) in [5.74, 6) is -2.16. The Morgan fingerprint density at radius 2 is 1.74 bits per heavy atom. The highest BCUT2D eigenvalue weighted by atomic mass is 16.6. The van der Waals surface area contributed by atoms with Crippen LogP contribution in [0.3, 0.4) is 0 Å². The number of urea groups is 1. The molecule has 0 bridgehead atoms. The van der Waals surface area contributed by atoms with E-state index in [9.17, 15) is 24.3 Å². The maximum Gasteiger partial charge on any atom is 0.409 e. The molecule has 0 saturated carbocycles. The zero-order valence-electron chi connectivity index (χ0n) is 19.7. The number of ether oxygens (including phenoxy) is 1. The largest absolute Gasteiger partial charge is 0.480 e. The van der Waals surface area contributed by atoms with E-state index in [0.29, 0.717) is 38.2 Å². The van der Waals surface area contributed by atoms with E-state index < -0.39 is 36.0 Å². The summed E-state index contributed by atoms with van der Waals surface area (Å²) in [6.07, 6.45) is 1.92. The van der Waals surface area contributed by atoms with Crippen LogP contribution in [0.1, 0.15) is 24.8 Å². The summed E-state index contributed by atoms with van der Waals surface area (Å²) in [6.45, 7) is 5.16. The Labute approximate surface area is 204 Å². The Hall–Kier alpha value is -3.76. The van der Waals surface area contributed by atoms with E-state index in [1.54, 1.807) is 0 Å². The highest BCUT2D eigenvalue weighted by molar-refractivity contribution is 6.07. The second-order valence-corrected chi connectivity index (χ2v) is 8.65. The fourth-order valence-electron chi connectivity index (χ4n) is 4.30. The zero-order chi connectivity index (χ0) is 25.4. The fourth-order valence-corrected chi connectivity index (χ4v) is 4.30. The predicted molar refractivity (Wildman–Crippen MR) is 127 cm³/mol. The van der Waals surface area contributed by atoms with Gasteiger partial charge in [-0.1, -0.05) is 36.9 Å². The molecule has 2 saturated heterocycles. The number of rotatable bonds is 10. The van der Waals surface area contributed by atoms with E-state index in [-0.39, 0.29) is 26.2 Å². The lowest BCUT2D eigenvalue weighted by Crippen LogP contribution is -2.69. The first-order valence-electron chi connectivity index (χ1n) is 11.8. The molecule has 11 nitrogen and oxygen atoms in total. The molecule has 0 aliphatic carbocycles. The third-order valence-corrected chi connectivity index (χ3v) is 6.20. The summed E-state index contributed by atoms with van der Waals surface area (Å²) < 4.78 is 5.34. The molecule has 190 valence electrons. The van der Waals surface area contributed by atoms with Crippen molar-refractivity contribution in [2.75, 3.05) is 39.3 Å². The summed E-state index contributed by atoms with van der Waals surface area (Å²) in [5.41, 5.74) is 6.60. The van der Waals surface area contributed by atoms with Crippen molar-refractivity contribution in [3.05, 3.63) is 48.3 Å². The molecular weight excluding hydrogens is 454 g/mol. The molecule has 2 aliphatic heterocycles. The van der Waals surface area contributed by atoms with Crippen molar-refractivity contribution in [2.45, 2.75) is 31.7 Å². The molecule has 11 heteroatoms. The van der Waals surface area contributed by atoms with E-state index in [2.05, 4.69) is 11.9 Å². The molecule has 4 amide bonds. The molecule has 0 radical (unpaired) electrons. The van der Waals surface area contributed by atoms with Crippen molar-refractivity contribution in [3.63, 3.8) is 0 Å². The summed E-state index contributed by atoms with van der Waals surface area (Å²) in [4.78, 5) is 53.3. The number of benzene rings is 1. The van der Waals surface area contributed by atoms with Gasteiger partial charge in [0, 0.05) is 32.7 Å². The van der Waals surface area contributed by atoms with Crippen molar-refractivity contribution < 1.29 is 29.0 Å². The number of nitrogens with one attached hydrogen (secondary N) is 1. The van der Waals surface area contributed by atoms with Crippen LogP contribution in [0.4, 0.5) is 9.59 Å². The molecule has 4 N–H and O–H groups in total. The molecule has 2 fully saturated rings.